The zero-order chi connectivity index (χ0) is 17.6. The van der Waals surface area contributed by atoms with E-state index in [2.05, 4.69) is 47.3 Å². The van der Waals surface area contributed by atoms with Gasteiger partial charge in [-0.1, -0.05) is 12.1 Å². The monoisotopic (exact) mass is 339 g/mol. The molecule has 2 fully saturated rings. The van der Waals surface area contributed by atoms with Gasteiger partial charge < -0.3 is 5.11 Å². The molecule has 132 valence electrons. The van der Waals surface area contributed by atoms with E-state index in [0.29, 0.717) is 11.8 Å². The number of hydrogen-bond acceptors (Lipinski definition) is 3. The molecule has 0 amide bonds. The van der Waals surface area contributed by atoms with Crippen LogP contribution in [-0.2, 0) is 11.3 Å². The van der Waals surface area contributed by atoms with Gasteiger partial charge in [0.15, 0.2) is 0 Å². The number of fused-ring (bicyclic) bond motifs is 1. The largest absolute Gasteiger partial charge is 0.481 e. The van der Waals surface area contributed by atoms with Crippen LogP contribution in [0.5, 0.6) is 0 Å². The number of benzene rings is 1. The molecule has 25 heavy (non-hydrogen) atoms. The zero-order valence-corrected chi connectivity index (χ0v) is 14.9. The van der Waals surface area contributed by atoms with Gasteiger partial charge in [0, 0.05) is 25.3 Å². The number of rotatable bonds is 4. The first-order valence-corrected chi connectivity index (χ1v) is 9.07. The number of nitrogens with zero attached hydrogens (tertiary/aromatic N) is 3. The lowest BCUT2D eigenvalue weighted by Crippen LogP contribution is -2.23. The fraction of sp³-hybridized carbons (Fsp3) is 0.500. The van der Waals surface area contributed by atoms with Gasteiger partial charge in [-0.15, -0.1) is 0 Å². The van der Waals surface area contributed by atoms with Crippen molar-refractivity contribution in [3.05, 3.63) is 47.3 Å². The van der Waals surface area contributed by atoms with Crippen molar-refractivity contribution in [1.29, 1.82) is 0 Å². The van der Waals surface area contributed by atoms with Crippen LogP contribution < -0.4 is 0 Å². The molecule has 5 heteroatoms. The Morgan fingerprint density at radius 1 is 1.16 bits per heavy atom. The summed E-state index contributed by atoms with van der Waals surface area (Å²) in [6.45, 7) is 7.10. The van der Waals surface area contributed by atoms with Gasteiger partial charge >= 0.3 is 5.97 Å². The number of carbonyl (C=O) groups is 1. The highest BCUT2D eigenvalue weighted by molar-refractivity contribution is 5.70. The van der Waals surface area contributed by atoms with Crippen molar-refractivity contribution in [1.82, 2.24) is 14.7 Å². The van der Waals surface area contributed by atoms with Gasteiger partial charge in [0.05, 0.1) is 17.3 Å². The topological polar surface area (TPSA) is 58.4 Å². The Morgan fingerprint density at radius 2 is 1.80 bits per heavy atom. The molecule has 1 N–H and O–H groups in total. The number of aryl methyl sites for hydroxylation is 2. The van der Waals surface area contributed by atoms with E-state index in [1.165, 1.54) is 5.56 Å². The minimum Gasteiger partial charge on any atom is -0.481 e. The van der Waals surface area contributed by atoms with Crippen molar-refractivity contribution in [2.75, 3.05) is 13.1 Å². The van der Waals surface area contributed by atoms with Crippen LogP contribution in [0.1, 0.15) is 29.8 Å². The third-order valence-corrected chi connectivity index (χ3v) is 5.77. The van der Waals surface area contributed by atoms with Gasteiger partial charge in [0.1, 0.15) is 0 Å². The Balaban J connectivity index is 1.38. The molecule has 5 nitrogen and oxygen atoms in total. The van der Waals surface area contributed by atoms with Crippen LogP contribution in [-0.4, -0.2) is 38.8 Å². The molecule has 1 aliphatic carbocycles. The van der Waals surface area contributed by atoms with E-state index in [9.17, 15) is 9.90 Å². The normalized spacial score (nSPS) is 26.1. The maximum atomic E-state index is 11.2. The molecule has 4 rings (SSSR count). The van der Waals surface area contributed by atoms with E-state index in [1.54, 1.807) is 0 Å². The smallest absolute Gasteiger partial charge is 0.306 e. The van der Waals surface area contributed by atoms with Crippen LogP contribution in [0, 0.1) is 31.6 Å². The summed E-state index contributed by atoms with van der Waals surface area (Å²) in [5.74, 6) is 0.406. The lowest BCUT2D eigenvalue weighted by molar-refractivity contribution is -0.141. The maximum absolute atomic E-state index is 11.2. The van der Waals surface area contributed by atoms with Gasteiger partial charge in [-0.2, -0.15) is 5.10 Å². The van der Waals surface area contributed by atoms with Crippen LogP contribution in [0.4, 0.5) is 0 Å². The fourth-order valence-electron chi connectivity index (χ4n) is 4.62. The predicted molar refractivity (Wildman–Crippen MR) is 95.7 cm³/mol. The summed E-state index contributed by atoms with van der Waals surface area (Å²) in [5, 5.41) is 13.7. The van der Waals surface area contributed by atoms with E-state index in [0.717, 1.165) is 49.6 Å². The van der Waals surface area contributed by atoms with Crippen LogP contribution in [0.15, 0.2) is 30.3 Å². The van der Waals surface area contributed by atoms with Crippen LogP contribution >= 0.6 is 0 Å². The first kappa shape index (κ1) is 16.3. The highest BCUT2D eigenvalue weighted by Gasteiger charge is 2.43. The number of aromatic nitrogens is 2. The van der Waals surface area contributed by atoms with Gasteiger partial charge in [-0.25, -0.2) is 4.68 Å². The molecule has 3 atom stereocenters. The first-order valence-electron chi connectivity index (χ1n) is 9.07. The first-order chi connectivity index (χ1) is 12.0. The van der Waals surface area contributed by atoms with Crippen molar-refractivity contribution < 1.29 is 9.90 Å². The molecule has 0 spiro atoms. The Hall–Kier alpha value is -2.14. The van der Waals surface area contributed by atoms with E-state index in [-0.39, 0.29) is 5.92 Å². The maximum Gasteiger partial charge on any atom is 0.306 e. The average molecular weight is 339 g/mol. The van der Waals surface area contributed by atoms with Crippen LogP contribution in [0.3, 0.4) is 0 Å². The molecule has 1 saturated carbocycles. The molecule has 2 heterocycles. The van der Waals surface area contributed by atoms with Crippen molar-refractivity contribution in [3.63, 3.8) is 0 Å². The number of hydrogen-bond donors (Lipinski definition) is 1. The molecular weight excluding hydrogens is 314 g/mol. The molecule has 2 aliphatic rings. The number of likely N-dealkylation sites (tertiary alicyclic amines) is 1. The van der Waals surface area contributed by atoms with Crippen molar-refractivity contribution in [2.24, 2.45) is 17.8 Å². The van der Waals surface area contributed by atoms with Crippen molar-refractivity contribution >= 4 is 5.97 Å². The minimum atomic E-state index is -0.610. The summed E-state index contributed by atoms with van der Waals surface area (Å²) in [7, 11) is 0. The van der Waals surface area contributed by atoms with Crippen LogP contribution in [0.2, 0.25) is 0 Å². The molecule has 1 aromatic heterocycles. The average Bonchev–Trinajstić information content (AvgIpc) is 3.21. The van der Waals surface area contributed by atoms with Gasteiger partial charge in [-0.05, 0) is 62.3 Å². The molecule has 1 aromatic carbocycles. The molecule has 1 saturated heterocycles. The van der Waals surface area contributed by atoms with Gasteiger partial charge in [-0.3, -0.25) is 9.69 Å². The van der Waals surface area contributed by atoms with Crippen LogP contribution in [0.25, 0.3) is 5.69 Å². The summed E-state index contributed by atoms with van der Waals surface area (Å²) in [5.41, 5.74) is 4.58. The minimum absolute atomic E-state index is 0.114. The molecule has 2 aromatic rings. The SMILES string of the molecule is Cc1cc(C)n(-c2ccc(CN3C[C@H]4CC(C(=O)O)C[C@H]4C3)cc2)n1. The Kier molecular flexibility index (Phi) is 4.12. The Labute approximate surface area is 148 Å². The second kappa shape index (κ2) is 6.30. The summed E-state index contributed by atoms with van der Waals surface area (Å²) < 4.78 is 1.98. The number of aliphatic carboxylic acids is 1. The summed E-state index contributed by atoms with van der Waals surface area (Å²) in [4.78, 5) is 13.6. The highest BCUT2D eigenvalue weighted by Crippen LogP contribution is 2.41. The van der Waals surface area contributed by atoms with E-state index >= 15 is 0 Å². The zero-order valence-electron chi connectivity index (χ0n) is 14.9. The second-order valence-corrected chi connectivity index (χ2v) is 7.73. The lowest BCUT2D eigenvalue weighted by atomic mass is 10.0. The number of carboxylic acids is 1. The lowest BCUT2D eigenvalue weighted by Gasteiger charge is -2.18. The number of carboxylic acid groups (broad SMARTS) is 1. The highest BCUT2D eigenvalue weighted by atomic mass is 16.4. The molecule has 0 radical (unpaired) electrons. The van der Waals surface area contributed by atoms with Gasteiger partial charge in [0.2, 0.25) is 0 Å². The molecule has 1 aliphatic heterocycles. The van der Waals surface area contributed by atoms with E-state index in [4.69, 9.17) is 0 Å². The third-order valence-electron chi connectivity index (χ3n) is 5.77. The summed E-state index contributed by atoms with van der Waals surface area (Å²) >= 11 is 0. The van der Waals surface area contributed by atoms with E-state index < -0.39 is 5.97 Å². The predicted octanol–water partition coefficient (Wildman–Crippen LogP) is 3.03. The summed E-state index contributed by atoms with van der Waals surface area (Å²) in [6.07, 6.45) is 1.71. The Morgan fingerprint density at radius 3 is 2.32 bits per heavy atom. The molecule has 0 bridgehead atoms. The fourth-order valence-corrected chi connectivity index (χ4v) is 4.62. The quantitative estimate of drug-likeness (QED) is 0.930. The summed E-state index contributed by atoms with van der Waals surface area (Å²) in [6, 6.07) is 10.7. The van der Waals surface area contributed by atoms with Crippen molar-refractivity contribution in [2.45, 2.75) is 33.2 Å². The van der Waals surface area contributed by atoms with E-state index in [1.807, 2.05) is 11.6 Å². The standard InChI is InChI=1S/C20H25N3O2/c1-13-7-14(2)23(21-13)19-5-3-15(4-6-19)10-22-11-17-8-16(20(24)25)9-18(17)12-22/h3-7,16-18H,8-12H2,1-2H3,(H,24,25)/t16?,17-,18+. The second-order valence-electron chi connectivity index (χ2n) is 7.73. The Bertz CT molecular complexity index is 767. The molecule has 1 unspecified atom stereocenters. The van der Waals surface area contributed by atoms with Gasteiger partial charge in [0.25, 0.3) is 0 Å². The van der Waals surface area contributed by atoms with Crippen molar-refractivity contribution in [3.8, 4) is 5.69 Å². The third kappa shape index (κ3) is 3.21. The molecular formula is C20H25N3O2.